The maximum absolute atomic E-state index is 3.34. The van der Waals surface area contributed by atoms with Gasteiger partial charge in [0.05, 0.1) is 0 Å². The van der Waals surface area contributed by atoms with Gasteiger partial charge in [-0.3, -0.25) is 6.08 Å². The monoisotopic (exact) mass is 960 g/mol. The Balaban J connectivity index is 0.000000213. The van der Waals surface area contributed by atoms with E-state index < -0.39 is 0 Å². The molecule has 64 heavy (non-hydrogen) atoms. The summed E-state index contributed by atoms with van der Waals surface area (Å²) < 4.78 is 3.34. The molecule has 1 fully saturated rings. The Morgan fingerprint density at radius 2 is 1.06 bits per heavy atom. The molecule has 10 rings (SSSR count). The average molecular weight is 963 g/mol. The van der Waals surface area contributed by atoms with Crippen molar-refractivity contribution < 1.29 is 24.2 Å². The fourth-order valence-corrected chi connectivity index (χ4v) is 10.5. The van der Waals surface area contributed by atoms with Gasteiger partial charge in [-0.25, -0.2) is 18.1 Å². The van der Waals surface area contributed by atoms with E-state index in [4.69, 9.17) is 0 Å². The van der Waals surface area contributed by atoms with Crippen LogP contribution in [0.4, 0.5) is 0 Å². The van der Waals surface area contributed by atoms with Crippen LogP contribution in [0.5, 0.6) is 0 Å². The van der Waals surface area contributed by atoms with Crippen LogP contribution in [-0.2, 0) is 30.7 Å². The smallest absolute Gasteiger partial charge is 0.0771 e. The van der Waals surface area contributed by atoms with E-state index in [-0.39, 0.29) is 46.5 Å². The Morgan fingerprint density at radius 3 is 1.48 bits per heavy atom. The second-order valence-corrected chi connectivity index (χ2v) is 18.7. The van der Waals surface area contributed by atoms with E-state index in [9.17, 15) is 0 Å². The van der Waals surface area contributed by atoms with E-state index in [0.717, 1.165) is 12.8 Å². The van der Waals surface area contributed by atoms with E-state index in [1.807, 2.05) is 36.4 Å². The molecule has 0 heterocycles. The zero-order valence-corrected chi connectivity index (χ0v) is 43.4. The Hall–Kier alpha value is -4.26. The van der Waals surface area contributed by atoms with Crippen molar-refractivity contribution in [3.8, 4) is 0 Å². The van der Waals surface area contributed by atoms with Crippen molar-refractivity contribution >= 4 is 34.6 Å². The number of benzene rings is 5. The number of hydrogen-bond acceptors (Lipinski definition) is 0. The maximum Gasteiger partial charge on any atom is -0.0771 e. The Bertz CT molecular complexity index is 2220. The summed E-state index contributed by atoms with van der Waals surface area (Å²) in [6, 6.07) is 50.5. The molecule has 5 aromatic rings. The predicted octanol–water partition coefficient (Wildman–Crippen LogP) is 16.7. The first-order valence-corrected chi connectivity index (χ1v) is 24.2. The first kappa shape index (κ1) is 52.4. The van der Waals surface area contributed by atoms with E-state index in [1.54, 1.807) is 28.2 Å². The van der Waals surface area contributed by atoms with Gasteiger partial charge in [-0.15, -0.1) is 122 Å². The standard InChI is InChI=1S/C29H37.2C13H11.C5H5.CH2.2ClH.Zr/c1-18-25-22-17-19-13-9-10-14-20(19)24(22)21-15-11-12-16-23(21)29(25,8)28(6,7)27(4,5)26(18,2)3;2*1-3-7-12(8-4-1)11-13-9-5-2-6-10-13;1-2-4-5-3-1;;;;/h9-11,13-15,23H,12,16-17H2,1-8H3;2*1-11H;1-3H,4H2;1H2;2*1H;/q4*-1;;;;. The first-order valence-electron chi connectivity index (χ1n) is 22.4. The van der Waals surface area contributed by atoms with E-state index >= 15 is 0 Å². The SMILES string of the molecule is C[C-]1C2=C3Cc4ccccc4C3=C3C=CCCC3C2(C)C(C)(C)C(C)(C)C1(C)C.Cl.Cl.[C-]1=CC=CC1.[CH2]=[Zr].c1ccc([CH-]c2ccccc2)cc1.c1ccc([CH-]c2ccccc2)cc1. The van der Waals surface area contributed by atoms with Crippen LogP contribution in [0, 0.1) is 52.4 Å². The van der Waals surface area contributed by atoms with Gasteiger partial charge in [0.2, 0.25) is 0 Å². The number of allylic oxidation sites excluding steroid dienone is 10. The zero-order chi connectivity index (χ0) is 44.4. The molecule has 0 amide bonds. The molecule has 5 aliphatic carbocycles. The number of fused-ring (bicyclic) bond motifs is 6. The predicted molar refractivity (Wildman–Crippen MR) is 278 cm³/mol. The van der Waals surface area contributed by atoms with Gasteiger partial charge in [0, 0.05) is 0 Å². The number of hydrogen-bond donors (Lipinski definition) is 0. The summed E-state index contributed by atoms with van der Waals surface area (Å²) in [5.41, 5.74) is 15.3. The van der Waals surface area contributed by atoms with E-state index in [1.165, 1.54) is 70.5 Å². The van der Waals surface area contributed by atoms with Gasteiger partial charge in [0.25, 0.3) is 0 Å². The number of rotatable bonds is 4. The van der Waals surface area contributed by atoms with Crippen molar-refractivity contribution in [3.05, 3.63) is 251 Å². The number of halogens is 2. The van der Waals surface area contributed by atoms with Crippen molar-refractivity contribution in [1.29, 1.82) is 0 Å². The summed E-state index contributed by atoms with van der Waals surface area (Å²) in [5.74, 6) is 2.24. The molecule has 2 atom stereocenters. The minimum atomic E-state index is 0. The van der Waals surface area contributed by atoms with Gasteiger partial charge in [-0.1, -0.05) is 186 Å². The second-order valence-electron chi connectivity index (χ2n) is 18.7. The van der Waals surface area contributed by atoms with Crippen molar-refractivity contribution in [3.63, 3.8) is 0 Å². The molecule has 2 unspecified atom stereocenters. The molecule has 5 aliphatic rings. The molecule has 1 saturated carbocycles. The van der Waals surface area contributed by atoms with Crippen LogP contribution in [0.1, 0.15) is 108 Å². The van der Waals surface area contributed by atoms with Crippen LogP contribution in [0.2, 0.25) is 0 Å². The molecule has 0 saturated heterocycles. The Kier molecular flexibility index (Phi) is 19.0. The average Bonchev–Trinajstić information content (AvgIpc) is 4.02. The quantitative estimate of drug-likeness (QED) is 0.158. The molecular formula is C61H68Cl2Zr-4. The van der Waals surface area contributed by atoms with Crippen molar-refractivity contribution in [1.82, 2.24) is 0 Å². The molecule has 5 aromatic carbocycles. The maximum atomic E-state index is 3.34. The van der Waals surface area contributed by atoms with E-state index in [2.05, 4.69) is 218 Å². The fraction of sp³-hybridized carbons (Fsp3) is 0.279. The van der Waals surface area contributed by atoms with Gasteiger partial charge in [-0.05, 0) is 40.6 Å². The molecule has 0 nitrogen and oxygen atoms in total. The van der Waals surface area contributed by atoms with Crippen LogP contribution in [0.15, 0.2) is 193 Å². The Morgan fingerprint density at radius 1 is 0.609 bits per heavy atom. The largest absolute Gasteiger partial charge is 0.126 e. The molecule has 0 spiro atoms. The van der Waals surface area contributed by atoms with Crippen LogP contribution >= 0.6 is 24.8 Å². The summed E-state index contributed by atoms with van der Waals surface area (Å²) in [5, 5.41) is 0. The topological polar surface area (TPSA) is 0 Å². The molecular weight excluding hydrogens is 895 g/mol. The molecule has 0 bridgehead atoms. The minimum Gasteiger partial charge on any atom is -0.126 e. The van der Waals surface area contributed by atoms with Crippen LogP contribution in [-0.4, -0.2) is 4.21 Å². The van der Waals surface area contributed by atoms with Crippen LogP contribution < -0.4 is 0 Å². The summed E-state index contributed by atoms with van der Waals surface area (Å²) in [6.07, 6.45) is 22.8. The fourth-order valence-electron chi connectivity index (χ4n) is 10.5. The second kappa shape index (κ2) is 23.3. The van der Waals surface area contributed by atoms with Gasteiger partial charge in [-0.2, -0.15) is 17.2 Å². The molecule has 0 N–H and O–H groups in total. The summed E-state index contributed by atoms with van der Waals surface area (Å²) >= 11 is 1.30. The zero-order valence-electron chi connectivity index (χ0n) is 39.3. The van der Waals surface area contributed by atoms with Gasteiger partial charge in [0.1, 0.15) is 0 Å². The minimum absolute atomic E-state index is 0. The van der Waals surface area contributed by atoms with Gasteiger partial charge >= 0.3 is 28.4 Å². The third-order valence-electron chi connectivity index (χ3n) is 15.2. The third-order valence-corrected chi connectivity index (χ3v) is 15.2. The van der Waals surface area contributed by atoms with E-state index in [0.29, 0.717) is 5.92 Å². The van der Waals surface area contributed by atoms with Crippen LogP contribution in [0.3, 0.4) is 0 Å². The van der Waals surface area contributed by atoms with Crippen LogP contribution in [0.25, 0.3) is 5.57 Å². The van der Waals surface area contributed by atoms with Gasteiger partial charge in [0.15, 0.2) is 0 Å². The normalized spacial score (nSPS) is 20.4. The Labute approximate surface area is 415 Å². The van der Waals surface area contributed by atoms with Crippen molar-refractivity contribution in [2.75, 3.05) is 0 Å². The molecule has 334 valence electrons. The summed E-state index contributed by atoms with van der Waals surface area (Å²) in [6.45, 7) is 20.3. The van der Waals surface area contributed by atoms with Gasteiger partial charge < -0.3 is 0 Å². The summed E-state index contributed by atoms with van der Waals surface area (Å²) in [4.78, 5) is 0. The first-order chi connectivity index (χ1) is 29.9. The van der Waals surface area contributed by atoms with Crippen molar-refractivity contribution in [2.24, 2.45) is 27.6 Å². The summed E-state index contributed by atoms with van der Waals surface area (Å²) in [7, 11) is 0. The van der Waals surface area contributed by atoms with Crippen molar-refractivity contribution in [2.45, 2.75) is 81.1 Å². The molecule has 0 radical (unpaired) electrons. The molecule has 0 aromatic heterocycles. The third kappa shape index (κ3) is 10.7. The molecule has 0 aliphatic heterocycles. The molecule has 3 heteroatoms.